The third-order valence-electron chi connectivity index (χ3n) is 6.09. The van der Waals surface area contributed by atoms with E-state index in [9.17, 15) is 19.2 Å². The SMILES string of the molecule is COc1cc(/C=C2\C(=O)NC(=O)N(c3ccc(C)c(Cl)c3)C2=O)cc(I)c1OCC(=O)Nc1cc(C)ccc1C. The fraction of sp³-hybridized carbons (Fsp3) is 0.172. The number of aryl methyl sites for hydroxylation is 3. The van der Waals surface area contributed by atoms with E-state index in [1.165, 1.54) is 19.3 Å². The van der Waals surface area contributed by atoms with Crippen LogP contribution in [-0.2, 0) is 14.4 Å². The number of halogens is 2. The van der Waals surface area contributed by atoms with E-state index in [4.69, 9.17) is 21.1 Å². The molecule has 1 saturated heterocycles. The van der Waals surface area contributed by atoms with Gasteiger partial charge in [-0.2, -0.15) is 0 Å². The van der Waals surface area contributed by atoms with Gasteiger partial charge in [0.15, 0.2) is 18.1 Å². The lowest BCUT2D eigenvalue weighted by Crippen LogP contribution is -2.54. The molecule has 40 heavy (non-hydrogen) atoms. The van der Waals surface area contributed by atoms with Crippen LogP contribution in [0, 0.1) is 24.3 Å². The molecular formula is C29H25ClIN3O6. The summed E-state index contributed by atoms with van der Waals surface area (Å²) in [6.45, 7) is 5.36. The predicted octanol–water partition coefficient (Wildman–Crippen LogP) is 5.56. The summed E-state index contributed by atoms with van der Waals surface area (Å²) in [5, 5.41) is 5.41. The maximum atomic E-state index is 13.3. The number of ether oxygens (including phenoxy) is 2. The van der Waals surface area contributed by atoms with Gasteiger partial charge in [0.25, 0.3) is 17.7 Å². The lowest BCUT2D eigenvalue weighted by Gasteiger charge is -2.26. The standard InChI is InChI=1S/C29H25ClIN3O6/c1-15-5-6-17(3)23(9-15)32-25(35)14-40-26-22(31)11-18(12-24(26)39-4)10-20-27(36)33-29(38)34(28(20)37)19-8-7-16(2)21(30)13-19/h5-13H,14H2,1-4H3,(H,32,35)(H,33,36,38)/b20-10+. The highest BCUT2D eigenvalue weighted by molar-refractivity contribution is 14.1. The van der Waals surface area contributed by atoms with Crippen LogP contribution in [0.1, 0.15) is 22.3 Å². The molecular weight excluding hydrogens is 649 g/mol. The Labute approximate surface area is 249 Å². The normalized spacial score (nSPS) is 14.3. The zero-order valence-corrected chi connectivity index (χ0v) is 25.0. The molecule has 1 aliphatic rings. The Balaban J connectivity index is 1.57. The Morgan fingerprint density at radius 2 is 1.77 bits per heavy atom. The van der Waals surface area contributed by atoms with Gasteiger partial charge in [-0.15, -0.1) is 0 Å². The highest BCUT2D eigenvalue weighted by Crippen LogP contribution is 2.35. The van der Waals surface area contributed by atoms with Crippen molar-refractivity contribution in [3.8, 4) is 11.5 Å². The number of carbonyl (C=O) groups excluding carboxylic acids is 4. The molecule has 1 aliphatic heterocycles. The van der Waals surface area contributed by atoms with E-state index in [-0.39, 0.29) is 23.8 Å². The minimum Gasteiger partial charge on any atom is -0.493 e. The van der Waals surface area contributed by atoms with Gasteiger partial charge in [0.05, 0.1) is 16.4 Å². The van der Waals surface area contributed by atoms with Crippen LogP contribution in [0.2, 0.25) is 5.02 Å². The number of rotatable bonds is 7. The van der Waals surface area contributed by atoms with Crippen LogP contribution >= 0.6 is 34.2 Å². The van der Waals surface area contributed by atoms with Crippen molar-refractivity contribution in [3.63, 3.8) is 0 Å². The quantitative estimate of drug-likeness (QED) is 0.193. The Morgan fingerprint density at radius 1 is 1.05 bits per heavy atom. The molecule has 0 spiro atoms. The van der Waals surface area contributed by atoms with Crippen molar-refractivity contribution in [1.82, 2.24) is 5.32 Å². The summed E-state index contributed by atoms with van der Waals surface area (Å²) in [4.78, 5) is 51.8. The summed E-state index contributed by atoms with van der Waals surface area (Å²) in [7, 11) is 1.44. The largest absolute Gasteiger partial charge is 0.493 e. The summed E-state index contributed by atoms with van der Waals surface area (Å²) in [5.74, 6) is -1.36. The Bertz CT molecular complexity index is 1590. The Hall–Kier alpha value is -3.90. The van der Waals surface area contributed by atoms with Gasteiger partial charge in [-0.1, -0.05) is 29.8 Å². The molecule has 0 bridgehead atoms. The summed E-state index contributed by atoms with van der Waals surface area (Å²) in [6.07, 6.45) is 1.36. The van der Waals surface area contributed by atoms with E-state index in [2.05, 4.69) is 10.6 Å². The first-order valence-electron chi connectivity index (χ1n) is 12.0. The van der Waals surface area contributed by atoms with Crippen LogP contribution in [0.5, 0.6) is 11.5 Å². The lowest BCUT2D eigenvalue weighted by atomic mass is 10.1. The number of benzene rings is 3. The average Bonchev–Trinajstić information content (AvgIpc) is 2.89. The summed E-state index contributed by atoms with van der Waals surface area (Å²) in [6, 6.07) is 12.8. The van der Waals surface area contributed by atoms with E-state index in [1.54, 1.807) is 31.2 Å². The number of barbiturate groups is 1. The van der Waals surface area contributed by atoms with Crippen LogP contribution in [0.15, 0.2) is 54.1 Å². The van der Waals surface area contributed by atoms with Gasteiger partial charge in [0.1, 0.15) is 5.57 Å². The van der Waals surface area contributed by atoms with Crippen molar-refractivity contribution in [2.45, 2.75) is 20.8 Å². The van der Waals surface area contributed by atoms with Crippen LogP contribution < -0.4 is 25.0 Å². The highest BCUT2D eigenvalue weighted by atomic mass is 127. The molecule has 4 rings (SSSR count). The van der Waals surface area contributed by atoms with Gasteiger partial charge in [-0.05, 0) is 102 Å². The van der Waals surface area contributed by atoms with Crippen LogP contribution in [0.4, 0.5) is 16.2 Å². The summed E-state index contributed by atoms with van der Waals surface area (Å²) in [5.41, 5.74) is 3.84. The molecule has 0 aliphatic carbocycles. The monoisotopic (exact) mass is 673 g/mol. The summed E-state index contributed by atoms with van der Waals surface area (Å²) >= 11 is 8.20. The average molecular weight is 674 g/mol. The number of hydrogen-bond acceptors (Lipinski definition) is 6. The van der Waals surface area contributed by atoms with Gasteiger partial charge in [-0.25, -0.2) is 9.69 Å². The number of hydrogen-bond donors (Lipinski definition) is 2. The minimum absolute atomic E-state index is 0.228. The molecule has 1 heterocycles. The number of anilines is 2. The summed E-state index contributed by atoms with van der Waals surface area (Å²) < 4.78 is 11.8. The molecule has 206 valence electrons. The second-order valence-corrected chi connectivity index (χ2v) is 10.7. The number of carbonyl (C=O) groups is 4. The topological polar surface area (TPSA) is 114 Å². The number of nitrogens with one attached hydrogen (secondary N) is 2. The minimum atomic E-state index is -0.873. The molecule has 0 saturated carbocycles. The van der Waals surface area contributed by atoms with Crippen molar-refractivity contribution < 1.29 is 28.7 Å². The van der Waals surface area contributed by atoms with E-state index in [1.807, 2.05) is 54.6 Å². The molecule has 3 aromatic carbocycles. The first-order valence-corrected chi connectivity index (χ1v) is 13.5. The number of amides is 5. The zero-order chi connectivity index (χ0) is 29.1. The first kappa shape index (κ1) is 29.1. The van der Waals surface area contributed by atoms with E-state index >= 15 is 0 Å². The van der Waals surface area contributed by atoms with Crippen LogP contribution in [0.25, 0.3) is 6.08 Å². The van der Waals surface area contributed by atoms with Crippen molar-refractivity contribution in [2.75, 3.05) is 23.9 Å². The van der Waals surface area contributed by atoms with Gasteiger partial charge in [0.2, 0.25) is 0 Å². The fourth-order valence-corrected chi connectivity index (χ4v) is 4.89. The third-order valence-corrected chi connectivity index (χ3v) is 7.30. The van der Waals surface area contributed by atoms with Gasteiger partial charge >= 0.3 is 6.03 Å². The van der Waals surface area contributed by atoms with E-state index in [0.29, 0.717) is 31.3 Å². The molecule has 11 heteroatoms. The maximum absolute atomic E-state index is 13.3. The highest BCUT2D eigenvalue weighted by Gasteiger charge is 2.37. The molecule has 5 amide bonds. The van der Waals surface area contributed by atoms with Crippen LogP contribution in [-0.4, -0.2) is 37.5 Å². The molecule has 0 unspecified atom stereocenters. The number of nitrogens with zero attached hydrogens (tertiary/aromatic N) is 1. The maximum Gasteiger partial charge on any atom is 0.335 e. The number of urea groups is 1. The van der Waals surface area contributed by atoms with Gasteiger partial charge in [0, 0.05) is 10.7 Å². The molecule has 3 aromatic rings. The smallest absolute Gasteiger partial charge is 0.335 e. The van der Waals surface area contributed by atoms with Gasteiger partial charge < -0.3 is 14.8 Å². The molecule has 0 atom stereocenters. The Morgan fingerprint density at radius 3 is 2.48 bits per heavy atom. The van der Waals surface area contributed by atoms with Crippen molar-refractivity contribution in [2.24, 2.45) is 0 Å². The molecule has 0 aromatic heterocycles. The number of imide groups is 2. The van der Waals surface area contributed by atoms with Crippen molar-refractivity contribution in [1.29, 1.82) is 0 Å². The van der Waals surface area contributed by atoms with E-state index in [0.717, 1.165) is 21.6 Å². The van der Waals surface area contributed by atoms with Crippen molar-refractivity contribution in [3.05, 3.63) is 85.0 Å². The third kappa shape index (κ3) is 6.28. The molecule has 0 radical (unpaired) electrons. The second kappa shape index (κ2) is 12.1. The van der Waals surface area contributed by atoms with Gasteiger partial charge in [-0.3, -0.25) is 19.7 Å². The fourth-order valence-electron chi connectivity index (χ4n) is 3.94. The molecule has 9 nitrogen and oxygen atoms in total. The predicted molar refractivity (Wildman–Crippen MR) is 161 cm³/mol. The molecule has 2 N–H and O–H groups in total. The second-order valence-electron chi connectivity index (χ2n) is 9.08. The van der Waals surface area contributed by atoms with Crippen molar-refractivity contribution >= 4 is 75.4 Å². The van der Waals surface area contributed by atoms with E-state index < -0.39 is 17.8 Å². The number of methoxy groups -OCH3 is 1. The zero-order valence-electron chi connectivity index (χ0n) is 22.1. The Kier molecular flexibility index (Phi) is 8.79. The lowest BCUT2D eigenvalue weighted by molar-refractivity contribution is -0.122. The first-order chi connectivity index (χ1) is 19.0. The van der Waals surface area contributed by atoms with Crippen LogP contribution in [0.3, 0.4) is 0 Å². The molecule has 1 fully saturated rings.